The van der Waals surface area contributed by atoms with Gasteiger partial charge in [-0.05, 0) is 25.1 Å². The fraction of sp³-hybridized carbons (Fsp3) is 0.320. The first-order chi connectivity index (χ1) is 16.1. The van der Waals surface area contributed by atoms with Crippen LogP contribution < -0.4 is 10.1 Å². The van der Waals surface area contributed by atoms with E-state index in [0.29, 0.717) is 31.1 Å². The van der Waals surface area contributed by atoms with Gasteiger partial charge in [-0.15, -0.1) is 0 Å². The molecule has 0 saturated carbocycles. The maximum Gasteiger partial charge on any atom is 0.277 e. The molecule has 1 aliphatic heterocycles. The van der Waals surface area contributed by atoms with Crippen molar-refractivity contribution in [1.82, 2.24) is 15.2 Å². The highest BCUT2D eigenvalue weighted by Crippen LogP contribution is 2.29. The number of amides is 2. The Balaban J connectivity index is 1.58. The number of aromatic nitrogens is 1. The van der Waals surface area contributed by atoms with Crippen LogP contribution >= 0.6 is 0 Å². The van der Waals surface area contributed by atoms with Crippen LogP contribution in [0.2, 0.25) is 0 Å². The maximum absolute atomic E-state index is 13.6. The third-order valence-corrected chi connectivity index (χ3v) is 5.53. The second kappa shape index (κ2) is 10.3. The minimum absolute atomic E-state index is 0.177. The monoisotopic (exact) mass is 449 g/mol. The van der Waals surface area contributed by atoms with E-state index >= 15 is 0 Å². The number of carbonyl (C=O) groups excluding carboxylic acids is 2. The van der Waals surface area contributed by atoms with Crippen LogP contribution in [0, 0.1) is 6.92 Å². The first-order valence-electron chi connectivity index (χ1n) is 10.9. The zero-order valence-electron chi connectivity index (χ0n) is 18.7. The van der Waals surface area contributed by atoms with E-state index in [1.165, 1.54) is 11.3 Å². The molecule has 2 atom stereocenters. The molecule has 0 spiro atoms. The van der Waals surface area contributed by atoms with Gasteiger partial charge in [0, 0.05) is 25.6 Å². The molecular weight excluding hydrogens is 422 g/mol. The number of para-hydroxylation sites is 1. The molecule has 8 nitrogen and oxygen atoms in total. The first kappa shape index (κ1) is 22.5. The highest BCUT2D eigenvalue weighted by atomic mass is 16.5. The Morgan fingerprint density at radius 1 is 1.18 bits per heavy atom. The summed E-state index contributed by atoms with van der Waals surface area (Å²) in [4.78, 5) is 32.2. The van der Waals surface area contributed by atoms with Crippen LogP contribution in [0.25, 0.3) is 11.3 Å². The molecule has 1 saturated heterocycles. The molecule has 2 unspecified atom stereocenters. The van der Waals surface area contributed by atoms with Crippen LogP contribution in [0.4, 0.5) is 0 Å². The number of hydrogen-bond acceptors (Lipinski definition) is 6. The summed E-state index contributed by atoms with van der Waals surface area (Å²) in [5, 5.41) is 2.84. The lowest BCUT2D eigenvalue weighted by Crippen LogP contribution is -2.46. The highest BCUT2D eigenvalue weighted by molar-refractivity contribution is 6.00. The lowest BCUT2D eigenvalue weighted by Gasteiger charge is -2.23. The molecule has 2 heterocycles. The van der Waals surface area contributed by atoms with Crippen molar-refractivity contribution in [3.8, 4) is 17.1 Å². The molecule has 3 aromatic rings. The fourth-order valence-corrected chi connectivity index (χ4v) is 3.97. The van der Waals surface area contributed by atoms with Gasteiger partial charge in [-0.2, -0.15) is 0 Å². The van der Waals surface area contributed by atoms with Gasteiger partial charge in [-0.1, -0.05) is 42.0 Å². The summed E-state index contributed by atoms with van der Waals surface area (Å²) >= 11 is 0. The number of nitrogens with one attached hydrogen (secondary N) is 1. The molecule has 0 aliphatic carbocycles. The Kier molecular flexibility index (Phi) is 7.04. The van der Waals surface area contributed by atoms with Gasteiger partial charge in [-0.25, -0.2) is 4.98 Å². The summed E-state index contributed by atoms with van der Waals surface area (Å²) in [6.07, 6.45) is 1.30. The summed E-state index contributed by atoms with van der Waals surface area (Å²) in [7, 11) is 1.57. The Hall–Kier alpha value is -3.65. The number of methoxy groups -OCH3 is 1. The zero-order valence-corrected chi connectivity index (χ0v) is 18.7. The molecule has 172 valence electrons. The number of hydrogen-bond donors (Lipinski definition) is 1. The van der Waals surface area contributed by atoms with Gasteiger partial charge in [0.05, 0.1) is 13.2 Å². The van der Waals surface area contributed by atoms with E-state index in [-0.39, 0.29) is 30.2 Å². The van der Waals surface area contributed by atoms with Crippen molar-refractivity contribution in [2.24, 2.45) is 0 Å². The molecule has 1 aliphatic rings. The topological polar surface area (TPSA) is 93.9 Å². The van der Waals surface area contributed by atoms with Gasteiger partial charge in [0.1, 0.15) is 17.9 Å². The number of ether oxygens (including phenoxy) is 2. The summed E-state index contributed by atoms with van der Waals surface area (Å²) in [5.41, 5.74) is 1.97. The van der Waals surface area contributed by atoms with Crippen LogP contribution in [-0.2, 0) is 9.53 Å². The van der Waals surface area contributed by atoms with Crippen LogP contribution in [0.1, 0.15) is 22.5 Å². The highest BCUT2D eigenvalue weighted by Gasteiger charge is 2.42. The maximum atomic E-state index is 13.6. The first-order valence-corrected chi connectivity index (χ1v) is 10.9. The molecular formula is C25H27N3O5. The summed E-state index contributed by atoms with van der Waals surface area (Å²) < 4.78 is 16.7. The molecule has 2 aromatic carbocycles. The van der Waals surface area contributed by atoms with Crippen molar-refractivity contribution in [3.63, 3.8) is 0 Å². The second-order valence-corrected chi connectivity index (χ2v) is 7.95. The summed E-state index contributed by atoms with van der Waals surface area (Å²) in [6.45, 7) is 2.97. The second-order valence-electron chi connectivity index (χ2n) is 7.95. The SMILES string of the molecule is COCCNC(=O)C1CC(Oc2ccccc2)CN1C(=O)c1ncoc1-c1cccc(C)c1. The van der Waals surface area contributed by atoms with Crippen molar-refractivity contribution >= 4 is 11.8 Å². The molecule has 8 heteroatoms. The smallest absolute Gasteiger partial charge is 0.277 e. The Morgan fingerprint density at radius 2 is 2.00 bits per heavy atom. The van der Waals surface area contributed by atoms with E-state index in [1.807, 2.05) is 61.5 Å². The van der Waals surface area contributed by atoms with Crippen LogP contribution in [-0.4, -0.2) is 60.7 Å². The summed E-state index contributed by atoms with van der Waals surface area (Å²) in [5.74, 6) is 0.457. The molecule has 0 bridgehead atoms. The Bertz CT molecular complexity index is 1100. The van der Waals surface area contributed by atoms with E-state index < -0.39 is 6.04 Å². The molecule has 1 fully saturated rings. The van der Waals surface area contributed by atoms with Gasteiger partial charge in [0.25, 0.3) is 5.91 Å². The van der Waals surface area contributed by atoms with Crippen molar-refractivity contribution in [2.45, 2.75) is 25.5 Å². The average molecular weight is 450 g/mol. The predicted octanol–water partition coefficient (Wildman–Crippen LogP) is 3.07. The van der Waals surface area contributed by atoms with Gasteiger partial charge < -0.3 is 24.1 Å². The molecule has 1 N–H and O–H groups in total. The van der Waals surface area contributed by atoms with Crippen molar-refractivity contribution < 1.29 is 23.5 Å². The molecule has 0 radical (unpaired) electrons. The van der Waals surface area contributed by atoms with Gasteiger partial charge >= 0.3 is 0 Å². The zero-order chi connectivity index (χ0) is 23.2. The third-order valence-electron chi connectivity index (χ3n) is 5.53. The van der Waals surface area contributed by atoms with E-state index in [4.69, 9.17) is 13.9 Å². The number of benzene rings is 2. The van der Waals surface area contributed by atoms with Gasteiger partial charge in [-0.3, -0.25) is 9.59 Å². The third kappa shape index (κ3) is 5.23. The van der Waals surface area contributed by atoms with Crippen molar-refractivity contribution in [1.29, 1.82) is 0 Å². The quantitative estimate of drug-likeness (QED) is 0.531. The largest absolute Gasteiger partial charge is 0.488 e. The molecule has 1 aromatic heterocycles. The normalized spacial score (nSPS) is 17.7. The number of oxazole rings is 1. The lowest BCUT2D eigenvalue weighted by molar-refractivity contribution is -0.125. The Morgan fingerprint density at radius 3 is 2.76 bits per heavy atom. The van der Waals surface area contributed by atoms with E-state index in [9.17, 15) is 9.59 Å². The van der Waals surface area contributed by atoms with Crippen LogP contribution in [0.5, 0.6) is 5.75 Å². The van der Waals surface area contributed by atoms with Gasteiger partial charge in [0.15, 0.2) is 17.8 Å². The van der Waals surface area contributed by atoms with E-state index in [2.05, 4.69) is 10.3 Å². The molecule has 33 heavy (non-hydrogen) atoms. The molecule has 4 rings (SSSR count). The lowest BCUT2D eigenvalue weighted by atomic mass is 10.1. The minimum atomic E-state index is -0.690. The number of carbonyl (C=O) groups is 2. The van der Waals surface area contributed by atoms with Crippen LogP contribution in [0.15, 0.2) is 65.4 Å². The predicted molar refractivity (Wildman–Crippen MR) is 122 cm³/mol. The van der Waals surface area contributed by atoms with Crippen molar-refractivity contribution in [2.75, 3.05) is 26.8 Å². The Labute approximate surface area is 192 Å². The number of aryl methyl sites for hydroxylation is 1. The molecule has 2 amide bonds. The standard InChI is InChI=1S/C25H27N3O5/c1-17-7-6-8-18(13-17)23-22(27-16-32-23)25(30)28-15-20(33-19-9-4-3-5-10-19)14-21(28)24(29)26-11-12-31-2/h3-10,13,16,20-21H,11-12,14-15H2,1-2H3,(H,26,29). The fourth-order valence-electron chi connectivity index (χ4n) is 3.97. The number of likely N-dealkylation sites (tertiary alicyclic amines) is 1. The minimum Gasteiger partial charge on any atom is -0.488 e. The van der Waals surface area contributed by atoms with Crippen LogP contribution in [0.3, 0.4) is 0 Å². The van der Waals surface area contributed by atoms with Crippen molar-refractivity contribution in [3.05, 3.63) is 72.2 Å². The number of nitrogens with zero attached hydrogens (tertiary/aromatic N) is 2. The summed E-state index contributed by atoms with van der Waals surface area (Å²) in [6, 6.07) is 16.3. The average Bonchev–Trinajstić information content (AvgIpc) is 3.47. The number of rotatable bonds is 8. The van der Waals surface area contributed by atoms with E-state index in [1.54, 1.807) is 7.11 Å². The van der Waals surface area contributed by atoms with Gasteiger partial charge in [0.2, 0.25) is 5.91 Å². The van der Waals surface area contributed by atoms with E-state index in [0.717, 1.165) is 11.1 Å².